The van der Waals surface area contributed by atoms with Gasteiger partial charge in [-0.3, -0.25) is 9.36 Å². The maximum Gasteiger partial charge on any atom is 0.269 e. The third-order valence-electron chi connectivity index (χ3n) is 4.93. The lowest BCUT2D eigenvalue weighted by molar-refractivity contribution is 0.0947. The Morgan fingerprint density at radius 2 is 1.72 bits per heavy atom. The summed E-state index contributed by atoms with van der Waals surface area (Å²) in [5.41, 5.74) is 5.24. The molecule has 0 saturated carbocycles. The van der Waals surface area contributed by atoms with Crippen molar-refractivity contribution in [1.29, 1.82) is 0 Å². The molecule has 0 aliphatic heterocycles. The van der Waals surface area contributed by atoms with E-state index in [0.29, 0.717) is 12.2 Å². The molecule has 1 aromatic heterocycles. The summed E-state index contributed by atoms with van der Waals surface area (Å²) in [5.74, 6) is 0.955. The quantitative estimate of drug-likeness (QED) is 0.460. The highest BCUT2D eigenvalue weighted by Crippen LogP contribution is 2.22. The van der Waals surface area contributed by atoms with Crippen LogP contribution in [0.25, 0.3) is 16.8 Å². The first-order chi connectivity index (χ1) is 14.2. The van der Waals surface area contributed by atoms with Crippen LogP contribution in [0.2, 0.25) is 0 Å². The minimum Gasteiger partial charge on any atom is -0.351 e. The highest BCUT2D eigenvalue weighted by atomic mass is 32.2. The Balaban J connectivity index is 1.69. The first-order valence-corrected chi connectivity index (χ1v) is 11.6. The van der Waals surface area contributed by atoms with Crippen molar-refractivity contribution in [3.05, 3.63) is 72.3 Å². The molecule has 5 heteroatoms. The van der Waals surface area contributed by atoms with Crippen LogP contribution in [-0.4, -0.2) is 34.0 Å². The third kappa shape index (κ3) is 5.73. The lowest BCUT2D eigenvalue weighted by Crippen LogP contribution is -2.26. The fourth-order valence-electron chi connectivity index (χ4n) is 3.24. The molecule has 4 nitrogen and oxygen atoms in total. The molecule has 0 aliphatic rings. The smallest absolute Gasteiger partial charge is 0.269 e. The zero-order valence-electron chi connectivity index (χ0n) is 17.2. The van der Waals surface area contributed by atoms with E-state index in [9.17, 15) is 4.79 Å². The number of benzene rings is 2. The maximum atomic E-state index is 12.5. The van der Waals surface area contributed by atoms with Gasteiger partial charge < -0.3 is 5.32 Å². The van der Waals surface area contributed by atoms with Gasteiger partial charge in [0, 0.05) is 12.2 Å². The van der Waals surface area contributed by atoms with Crippen molar-refractivity contribution in [2.45, 2.75) is 32.6 Å². The van der Waals surface area contributed by atoms with Crippen molar-refractivity contribution < 1.29 is 4.79 Å². The van der Waals surface area contributed by atoms with Crippen LogP contribution >= 0.6 is 11.8 Å². The van der Waals surface area contributed by atoms with Gasteiger partial charge in [-0.1, -0.05) is 49.7 Å². The van der Waals surface area contributed by atoms with E-state index in [1.807, 2.05) is 16.7 Å². The lowest BCUT2D eigenvalue weighted by Gasteiger charge is -2.10. The van der Waals surface area contributed by atoms with Gasteiger partial charge in [-0.25, -0.2) is 4.98 Å². The number of unbranched alkanes of at least 4 members (excludes halogenated alkanes) is 1. The van der Waals surface area contributed by atoms with Gasteiger partial charge in [0.1, 0.15) is 5.69 Å². The van der Waals surface area contributed by atoms with Crippen LogP contribution in [0.15, 0.2) is 61.1 Å². The lowest BCUT2D eigenvalue weighted by atomic mass is 10.0. The molecule has 0 fully saturated rings. The average Bonchev–Trinajstić information content (AvgIpc) is 3.26. The molecule has 0 spiro atoms. The van der Waals surface area contributed by atoms with Gasteiger partial charge in [0.05, 0.1) is 12.5 Å². The van der Waals surface area contributed by atoms with Crippen LogP contribution in [0, 0.1) is 0 Å². The molecule has 29 heavy (non-hydrogen) atoms. The monoisotopic (exact) mass is 407 g/mol. The number of nitrogens with zero attached hydrogens (tertiary/aromatic N) is 2. The van der Waals surface area contributed by atoms with E-state index < -0.39 is 0 Å². The van der Waals surface area contributed by atoms with Crippen molar-refractivity contribution in [2.24, 2.45) is 0 Å². The summed E-state index contributed by atoms with van der Waals surface area (Å²) in [5, 5.41) is 2.97. The zero-order valence-corrected chi connectivity index (χ0v) is 18.0. The van der Waals surface area contributed by atoms with E-state index in [1.165, 1.54) is 29.5 Å². The summed E-state index contributed by atoms with van der Waals surface area (Å²) in [6.45, 7) is 2.90. The second-order valence-corrected chi connectivity index (χ2v) is 8.08. The summed E-state index contributed by atoms with van der Waals surface area (Å²) >= 11 is 1.79. The molecule has 0 unspecified atom stereocenters. The van der Waals surface area contributed by atoms with Crippen molar-refractivity contribution in [2.75, 3.05) is 18.6 Å². The Hall–Kier alpha value is -2.53. The third-order valence-corrected chi connectivity index (χ3v) is 5.63. The maximum absolute atomic E-state index is 12.5. The van der Waals surface area contributed by atoms with Gasteiger partial charge in [-0.15, -0.1) is 0 Å². The van der Waals surface area contributed by atoms with Gasteiger partial charge in [0.2, 0.25) is 0 Å². The van der Waals surface area contributed by atoms with Crippen molar-refractivity contribution in [1.82, 2.24) is 14.9 Å². The number of imidazole rings is 1. The van der Waals surface area contributed by atoms with E-state index in [2.05, 4.69) is 59.9 Å². The average molecular weight is 408 g/mol. The number of amides is 1. The molecule has 1 N–H and O–H groups in total. The summed E-state index contributed by atoms with van der Waals surface area (Å²) < 4.78 is 1.83. The number of hydrogen-bond donors (Lipinski definition) is 1. The summed E-state index contributed by atoms with van der Waals surface area (Å²) in [6, 6.07) is 17.1. The molecule has 1 heterocycles. The van der Waals surface area contributed by atoms with Crippen molar-refractivity contribution >= 4 is 17.7 Å². The number of nitrogens with one attached hydrogen (secondary N) is 1. The largest absolute Gasteiger partial charge is 0.351 e. The fraction of sp³-hybridized carbons (Fsp3) is 0.333. The number of carbonyl (C=O) groups excluding carboxylic acids is 1. The van der Waals surface area contributed by atoms with E-state index >= 15 is 0 Å². The van der Waals surface area contributed by atoms with E-state index in [4.69, 9.17) is 0 Å². The summed E-state index contributed by atoms with van der Waals surface area (Å²) in [6.07, 6.45) is 9.93. The van der Waals surface area contributed by atoms with Crippen LogP contribution in [-0.2, 0) is 6.42 Å². The van der Waals surface area contributed by atoms with Gasteiger partial charge in [0.15, 0.2) is 0 Å². The number of aryl methyl sites for hydroxylation is 1. The first-order valence-electron chi connectivity index (χ1n) is 10.2. The molecule has 2 aromatic carbocycles. The topological polar surface area (TPSA) is 46.9 Å². The number of carbonyl (C=O) groups is 1. The van der Waals surface area contributed by atoms with Crippen LogP contribution in [0.1, 0.15) is 42.2 Å². The predicted octanol–water partition coefficient (Wildman–Crippen LogP) is 5.36. The second-order valence-electron chi connectivity index (χ2n) is 7.10. The Bertz CT molecular complexity index is 901. The fourth-order valence-corrected chi connectivity index (χ4v) is 3.67. The van der Waals surface area contributed by atoms with E-state index in [1.54, 1.807) is 24.3 Å². The molecule has 0 saturated heterocycles. The van der Waals surface area contributed by atoms with Crippen LogP contribution in [0.5, 0.6) is 0 Å². The molecule has 1 amide bonds. The normalized spacial score (nSPS) is 10.8. The molecular weight excluding hydrogens is 378 g/mol. The molecule has 0 aliphatic carbocycles. The van der Waals surface area contributed by atoms with Crippen LogP contribution in [0.3, 0.4) is 0 Å². The van der Waals surface area contributed by atoms with Gasteiger partial charge in [-0.05, 0) is 60.1 Å². The molecule has 3 rings (SSSR count). The van der Waals surface area contributed by atoms with Crippen molar-refractivity contribution in [3.63, 3.8) is 0 Å². The van der Waals surface area contributed by atoms with Gasteiger partial charge >= 0.3 is 0 Å². The highest BCUT2D eigenvalue weighted by molar-refractivity contribution is 7.98. The number of rotatable bonds is 10. The van der Waals surface area contributed by atoms with E-state index in [0.717, 1.165) is 24.3 Å². The van der Waals surface area contributed by atoms with Gasteiger partial charge in [0.25, 0.3) is 5.91 Å². The van der Waals surface area contributed by atoms with Crippen LogP contribution in [0.4, 0.5) is 0 Å². The van der Waals surface area contributed by atoms with Crippen molar-refractivity contribution in [3.8, 4) is 16.8 Å². The summed E-state index contributed by atoms with van der Waals surface area (Å²) in [4.78, 5) is 16.7. The second kappa shape index (κ2) is 10.9. The predicted molar refractivity (Wildman–Crippen MR) is 123 cm³/mol. The first kappa shape index (κ1) is 21.2. The number of thioether (sulfide) groups is 1. The zero-order chi connectivity index (χ0) is 20.5. The minimum atomic E-state index is -0.0876. The van der Waals surface area contributed by atoms with Gasteiger partial charge in [-0.2, -0.15) is 11.8 Å². The molecule has 0 bridgehead atoms. The Morgan fingerprint density at radius 1 is 1.03 bits per heavy atom. The molecule has 3 aromatic rings. The molecule has 0 radical (unpaired) electrons. The standard InChI is InChI=1S/C24H29N3OS/c1-3-4-6-19-7-9-20(10-8-19)21-11-13-22(14-12-21)27-18-25-17-23(27)24(28)26-15-5-16-29-2/h7-14,17-18H,3-6,15-16H2,1-2H3,(H,26,28). The molecule has 0 atom stereocenters. The Labute approximate surface area is 177 Å². The highest BCUT2D eigenvalue weighted by Gasteiger charge is 2.12. The number of aromatic nitrogens is 2. The minimum absolute atomic E-state index is 0.0876. The summed E-state index contributed by atoms with van der Waals surface area (Å²) in [7, 11) is 0. The Kier molecular flexibility index (Phi) is 7.94. The SMILES string of the molecule is CCCCc1ccc(-c2ccc(-n3cncc3C(=O)NCCCSC)cc2)cc1. The van der Waals surface area contributed by atoms with E-state index in [-0.39, 0.29) is 5.91 Å². The number of hydrogen-bond acceptors (Lipinski definition) is 3. The molecular formula is C24H29N3OS. The Morgan fingerprint density at radius 3 is 2.38 bits per heavy atom. The van der Waals surface area contributed by atoms with Crippen LogP contribution < -0.4 is 5.32 Å². The molecule has 152 valence electrons.